The molecular weight excluding hydrogens is 765 g/mol. The first-order valence-electron chi connectivity index (χ1n) is 24.4. The van der Waals surface area contributed by atoms with Crippen molar-refractivity contribution >= 4 is 11.9 Å². The van der Waals surface area contributed by atoms with Gasteiger partial charge in [-0.05, 0) is 122 Å². The number of unbranched alkanes of at least 4 members (excludes halogenated alkanes) is 7. The molecule has 0 rings (SSSR count). The van der Waals surface area contributed by atoms with Gasteiger partial charge in [-0.15, -0.1) is 0 Å². The van der Waals surface area contributed by atoms with E-state index in [2.05, 4.69) is 161 Å². The summed E-state index contributed by atoms with van der Waals surface area (Å²) >= 11 is 0. The van der Waals surface area contributed by atoms with E-state index < -0.39 is 6.10 Å². The van der Waals surface area contributed by atoms with Crippen LogP contribution in [0.1, 0.15) is 175 Å². The zero-order valence-electron chi connectivity index (χ0n) is 39.6. The van der Waals surface area contributed by atoms with Gasteiger partial charge in [0.15, 0.2) is 6.10 Å². The highest BCUT2D eigenvalue weighted by Gasteiger charge is 2.17. The molecule has 62 heavy (non-hydrogen) atoms. The average Bonchev–Trinajstić information content (AvgIpc) is 3.27. The van der Waals surface area contributed by atoms with Crippen LogP contribution in [0.4, 0.5) is 0 Å². The quantitative estimate of drug-likeness (QED) is 0.0348. The molecule has 0 N–H and O–H groups in total. The van der Waals surface area contributed by atoms with Gasteiger partial charge in [0.2, 0.25) is 0 Å². The van der Waals surface area contributed by atoms with E-state index in [1.54, 1.807) is 0 Å². The normalized spacial score (nSPS) is 13.5. The van der Waals surface area contributed by atoms with Gasteiger partial charge in [0, 0.05) is 19.4 Å². The lowest BCUT2D eigenvalue weighted by Crippen LogP contribution is -2.30. The molecular formula is C57H88O5. The predicted molar refractivity (Wildman–Crippen MR) is 269 cm³/mol. The maximum absolute atomic E-state index is 12.7. The Balaban J connectivity index is 4.49. The Labute approximate surface area is 381 Å². The van der Waals surface area contributed by atoms with Crippen LogP contribution in [0.2, 0.25) is 0 Å². The maximum atomic E-state index is 12.7. The number of allylic oxidation sites excluding steroid dienone is 24. The summed E-state index contributed by atoms with van der Waals surface area (Å²) in [5.41, 5.74) is 0. The van der Waals surface area contributed by atoms with E-state index in [0.717, 1.165) is 135 Å². The van der Waals surface area contributed by atoms with Crippen molar-refractivity contribution in [2.75, 3.05) is 19.8 Å². The Kier molecular flexibility index (Phi) is 47.7. The minimum absolute atomic E-state index is 0.0200. The van der Waals surface area contributed by atoms with E-state index in [0.29, 0.717) is 19.4 Å². The summed E-state index contributed by atoms with van der Waals surface area (Å²) < 4.78 is 17.2. The van der Waals surface area contributed by atoms with Crippen LogP contribution in [0, 0.1) is 0 Å². The standard InChI is InChI=1S/C57H88O5/c1-4-7-10-13-16-19-22-25-27-29-30-33-35-38-41-44-47-50-56(58)61-54-55(62-57(59)51-48-45-42-39-36-32-24-21-18-15-12-9-6-3)53-60-52-49-46-43-40-37-34-31-28-26-23-20-17-14-11-8-5-2/h7-12,16-21,25-28,30,32-34,36-37,42,45,55H,4-6,13-15,22-24,29,31,35,38-41,43-44,46-54H2,1-3H3/b10-7-,11-8-,12-9-,19-16-,20-17-,21-18-,27-25-,28-26-,33-30-,36-32-,37-34-,45-42-. The summed E-state index contributed by atoms with van der Waals surface area (Å²) in [6.45, 7) is 7.27. The SMILES string of the molecule is CC/C=C\C/C=C\C/C=C\C/C=C\CCCCCCC(=O)OCC(COCCCCC/C=C\C/C=C\C/C=C\C/C=C\CC)OC(=O)CC/C=C\C/C=C\C/C=C\C/C=C\CC. The highest BCUT2D eigenvalue weighted by molar-refractivity contribution is 5.70. The number of ether oxygens (including phenoxy) is 3. The monoisotopic (exact) mass is 853 g/mol. The zero-order valence-corrected chi connectivity index (χ0v) is 39.6. The summed E-state index contributed by atoms with van der Waals surface area (Å²) in [6, 6.07) is 0. The number of carbonyl (C=O) groups is 2. The van der Waals surface area contributed by atoms with Gasteiger partial charge in [-0.25, -0.2) is 0 Å². The van der Waals surface area contributed by atoms with Crippen LogP contribution in [0.5, 0.6) is 0 Å². The molecule has 0 aliphatic rings. The summed E-state index contributed by atoms with van der Waals surface area (Å²) in [4.78, 5) is 25.3. The van der Waals surface area contributed by atoms with Crippen LogP contribution in [0.15, 0.2) is 146 Å². The molecule has 346 valence electrons. The van der Waals surface area contributed by atoms with E-state index in [1.165, 1.54) is 0 Å². The molecule has 0 saturated carbocycles. The zero-order chi connectivity index (χ0) is 44.9. The first-order valence-corrected chi connectivity index (χ1v) is 24.4. The van der Waals surface area contributed by atoms with Crippen LogP contribution in [0.25, 0.3) is 0 Å². The van der Waals surface area contributed by atoms with Gasteiger partial charge in [-0.3, -0.25) is 9.59 Å². The molecule has 0 fully saturated rings. The van der Waals surface area contributed by atoms with Crippen LogP contribution in [-0.2, 0) is 23.8 Å². The van der Waals surface area contributed by atoms with Crippen molar-refractivity contribution in [3.63, 3.8) is 0 Å². The van der Waals surface area contributed by atoms with Crippen molar-refractivity contribution in [1.29, 1.82) is 0 Å². The third kappa shape index (κ3) is 48.4. The highest BCUT2D eigenvalue weighted by Crippen LogP contribution is 2.10. The van der Waals surface area contributed by atoms with Crippen LogP contribution in [-0.4, -0.2) is 37.9 Å². The van der Waals surface area contributed by atoms with E-state index in [1.807, 2.05) is 6.08 Å². The van der Waals surface area contributed by atoms with Gasteiger partial charge in [-0.2, -0.15) is 0 Å². The second-order valence-corrected chi connectivity index (χ2v) is 15.2. The van der Waals surface area contributed by atoms with Crippen molar-refractivity contribution in [3.05, 3.63) is 146 Å². The third-order valence-corrected chi connectivity index (χ3v) is 9.36. The number of carbonyl (C=O) groups excluding carboxylic acids is 2. The van der Waals surface area contributed by atoms with Crippen LogP contribution < -0.4 is 0 Å². The second kappa shape index (κ2) is 51.1. The first-order chi connectivity index (χ1) is 30.6. The summed E-state index contributed by atoms with van der Waals surface area (Å²) in [5.74, 6) is -0.552. The Morgan fingerprint density at radius 2 is 0.710 bits per heavy atom. The molecule has 0 aromatic heterocycles. The molecule has 5 heteroatoms. The van der Waals surface area contributed by atoms with Crippen molar-refractivity contribution in [2.24, 2.45) is 0 Å². The summed E-state index contributed by atoms with van der Waals surface area (Å²) in [6.07, 6.45) is 74.4. The maximum Gasteiger partial charge on any atom is 0.306 e. The molecule has 0 radical (unpaired) electrons. The average molecular weight is 853 g/mol. The van der Waals surface area contributed by atoms with Crippen molar-refractivity contribution in [1.82, 2.24) is 0 Å². The van der Waals surface area contributed by atoms with Crippen molar-refractivity contribution in [3.8, 4) is 0 Å². The van der Waals surface area contributed by atoms with E-state index in [9.17, 15) is 9.59 Å². The topological polar surface area (TPSA) is 61.8 Å². The number of rotatable bonds is 42. The highest BCUT2D eigenvalue weighted by atomic mass is 16.6. The fraction of sp³-hybridized carbons (Fsp3) is 0.544. The molecule has 0 spiro atoms. The fourth-order valence-electron chi connectivity index (χ4n) is 5.86. The lowest BCUT2D eigenvalue weighted by molar-refractivity contribution is -0.162. The number of hydrogen-bond acceptors (Lipinski definition) is 5. The second-order valence-electron chi connectivity index (χ2n) is 15.2. The largest absolute Gasteiger partial charge is 0.462 e. The molecule has 0 bridgehead atoms. The molecule has 0 aliphatic heterocycles. The van der Waals surface area contributed by atoms with E-state index in [4.69, 9.17) is 14.2 Å². The van der Waals surface area contributed by atoms with E-state index >= 15 is 0 Å². The Hall–Kier alpha value is -4.22. The lowest BCUT2D eigenvalue weighted by Gasteiger charge is -2.18. The van der Waals surface area contributed by atoms with E-state index in [-0.39, 0.29) is 31.6 Å². The number of esters is 2. The Morgan fingerprint density at radius 1 is 0.355 bits per heavy atom. The summed E-state index contributed by atoms with van der Waals surface area (Å²) in [7, 11) is 0. The lowest BCUT2D eigenvalue weighted by atomic mass is 10.1. The minimum Gasteiger partial charge on any atom is -0.462 e. The van der Waals surface area contributed by atoms with Crippen molar-refractivity contribution < 1.29 is 23.8 Å². The van der Waals surface area contributed by atoms with Gasteiger partial charge in [-0.1, -0.05) is 186 Å². The third-order valence-electron chi connectivity index (χ3n) is 9.36. The van der Waals surface area contributed by atoms with Gasteiger partial charge < -0.3 is 14.2 Å². The minimum atomic E-state index is -0.612. The van der Waals surface area contributed by atoms with Crippen LogP contribution >= 0.6 is 0 Å². The molecule has 0 aromatic rings. The molecule has 0 amide bonds. The van der Waals surface area contributed by atoms with Gasteiger partial charge >= 0.3 is 11.9 Å². The molecule has 0 heterocycles. The molecule has 1 unspecified atom stereocenters. The fourth-order valence-corrected chi connectivity index (χ4v) is 5.86. The molecule has 0 aromatic carbocycles. The van der Waals surface area contributed by atoms with Crippen LogP contribution in [0.3, 0.4) is 0 Å². The Bertz CT molecular complexity index is 1380. The smallest absolute Gasteiger partial charge is 0.306 e. The molecule has 0 saturated heterocycles. The Morgan fingerprint density at radius 3 is 1.13 bits per heavy atom. The molecule has 1 atom stereocenters. The van der Waals surface area contributed by atoms with Crippen molar-refractivity contribution in [2.45, 2.75) is 181 Å². The predicted octanol–water partition coefficient (Wildman–Crippen LogP) is 16.6. The number of hydrogen-bond donors (Lipinski definition) is 0. The molecule has 0 aliphatic carbocycles. The van der Waals surface area contributed by atoms with Gasteiger partial charge in [0.1, 0.15) is 6.61 Å². The first kappa shape index (κ1) is 57.8. The van der Waals surface area contributed by atoms with Gasteiger partial charge in [0.05, 0.1) is 6.61 Å². The summed E-state index contributed by atoms with van der Waals surface area (Å²) in [5, 5.41) is 0. The van der Waals surface area contributed by atoms with Gasteiger partial charge in [0.25, 0.3) is 0 Å². The molecule has 5 nitrogen and oxygen atoms in total.